The van der Waals surface area contributed by atoms with Crippen LogP contribution in [-0.4, -0.2) is 18.6 Å². The lowest BCUT2D eigenvalue weighted by atomic mass is 10.1. The van der Waals surface area contributed by atoms with Crippen LogP contribution < -0.4 is 4.72 Å². The van der Waals surface area contributed by atoms with E-state index < -0.39 is 10.0 Å². The molecule has 0 unspecified atom stereocenters. The summed E-state index contributed by atoms with van der Waals surface area (Å²) >= 11 is 1.11. The van der Waals surface area contributed by atoms with Crippen LogP contribution in [0.4, 0.5) is 5.69 Å². The number of anilines is 1. The van der Waals surface area contributed by atoms with Gasteiger partial charge < -0.3 is 4.42 Å². The Balaban J connectivity index is 1.93. The first-order chi connectivity index (χ1) is 10.9. The summed E-state index contributed by atoms with van der Waals surface area (Å²) in [7, 11) is -3.66. The van der Waals surface area contributed by atoms with E-state index in [1.165, 1.54) is 6.07 Å². The smallest absolute Gasteiger partial charge is 0.271 e. The van der Waals surface area contributed by atoms with Crippen LogP contribution in [0.15, 0.2) is 38.3 Å². The number of aryl methyl sites for hydroxylation is 3. The molecule has 0 spiro atoms. The maximum Gasteiger partial charge on any atom is 0.271 e. The van der Waals surface area contributed by atoms with Crippen LogP contribution in [0.1, 0.15) is 17.0 Å². The average molecular weight is 349 g/mol. The van der Waals surface area contributed by atoms with Gasteiger partial charge >= 0.3 is 0 Å². The Labute approximate surface area is 138 Å². The van der Waals surface area contributed by atoms with Gasteiger partial charge in [-0.3, -0.25) is 4.72 Å². The van der Waals surface area contributed by atoms with Gasteiger partial charge in [0.2, 0.25) is 11.8 Å². The monoisotopic (exact) mass is 349 g/mol. The largest absolute Gasteiger partial charge is 0.421 e. The molecule has 3 rings (SSSR count). The molecule has 8 heteroatoms. The standard InChI is InChI=1S/C15H15N3O3S2/c1-9-5-4-6-10(2)14(9)18-23(19,20)13-7-12(8-22-13)15-17-16-11(3)21-15/h4-8,18H,1-3H3. The van der Waals surface area contributed by atoms with E-state index in [1.807, 2.05) is 32.0 Å². The molecule has 0 saturated heterocycles. The van der Waals surface area contributed by atoms with E-state index in [9.17, 15) is 8.42 Å². The van der Waals surface area contributed by atoms with Gasteiger partial charge in [-0.2, -0.15) is 0 Å². The zero-order valence-corrected chi connectivity index (χ0v) is 14.5. The topological polar surface area (TPSA) is 85.1 Å². The van der Waals surface area contributed by atoms with Crippen LogP contribution in [0, 0.1) is 20.8 Å². The van der Waals surface area contributed by atoms with Crippen molar-refractivity contribution in [2.24, 2.45) is 0 Å². The fourth-order valence-electron chi connectivity index (χ4n) is 2.14. The Morgan fingerprint density at radius 3 is 2.43 bits per heavy atom. The fourth-order valence-corrected chi connectivity index (χ4v) is 4.50. The van der Waals surface area contributed by atoms with Crippen molar-refractivity contribution in [3.8, 4) is 11.5 Å². The maximum absolute atomic E-state index is 12.6. The molecule has 0 aliphatic carbocycles. The molecular weight excluding hydrogens is 334 g/mol. The summed E-state index contributed by atoms with van der Waals surface area (Å²) in [4.78, 5) is 0. The minimum absolute atomic E-state index is 0.200. The van der Waals surface area contributed by atoms with Gasteiger partial charge in [0.1, 0.15) is 4.21 Å². The van der Waals surface area contributed by atoms with Crippen molar-refractivity contribution < 1.29 is 12.8 Å². The van der Waals surface area contributed by atoms with Crippen molar-refractivity contribution in [3.63, 3.8) is 0 Å². The van der Waals surface area contributed by atoms with Crippen molar-refractivity contribution >= 4 is 27.0 Å². The molecule has 0 aliphatic rings. The Bertz CT molecular complexity index is 938. The molecule has 6 nitrogen and oxygen atoms in total. The van der Waals surface area contributed by atoms with E-state index >= 15 is 0 Å². The van der Waals surface area contributed by atoms with Gasteiger partial charge in [0.15, 0.2) is 0 Å². The highest BCUT2D eigenvalue weighted by Crippen LogP contribution is 2.30. The summed E-state index contributed by atoms with van der Waals surface area (Å²) < 4.78 is 33.4. The predicted molar refractivity (Wildman–Crippen MR) is 89.1 cm³/mol. The molecule has 23 heavy (non-hydrogen) atoms. The third kappa shape index (κ3) is 3.13. The van der Waals surface area contributed by atoms with Gasteiger partial charge in [-0.25, -0.2) is 8.42 Å². The number of hydrogen-bond donors (Lipinski definition) is 1. The molecule has 0 radical (unpaired) electrons. The molecule has 0 saturated carbocycles. The molecule has 2 aromatic heterocycles. The first-order valence-corrected chi connectivity index (χ1v) is 9.21. The van der Waals surface area contributed by atoms with E-state index in [2.05, 4.69) is 14.9 Å². The Hall–Kier alpha value is -2.19. The minimum atomic E-state index is -3.66. The van der Waals surface area contributed by atoms with Crippen molar-refractivity contribution in [2.75, 3.05) is 4.72 Å². The van der Waals surface area contributed by atoms with Crippen LogP contribution in [0.3, 0.4) is 0 Å². The van der Waals surface area contributed by atoms with Gasteiger partial charge in [0.05, 0.1) is 11.3 Å². The Kier molecular flexibility index (Phi) is 3.95. The van der Waals surface area contributed by atoms with Crippen molar-refractivity contribution in [1.29, 1.82) is 0 Å². The second-order valence-corrected chi connectivity index (χ2v) is 7.97. The zero-order chi connectivity index (χ0) is 16.6. The summed E-state index contributed by atoms with van der Waals surface area (Å²) in [6, 6.07) is 7.16. The summed E-state index contributed by atoms with van der Waals surface area (Å²) in [6.07, 6.45) is 0. The van der Waals surface area contributed by atoms with E-state index in [0.717, 1.165) is 22.5 Å². The highest BCUT2D eigenvalue weighted by atomic mass is 32.2. The van der Waals surface area contributed by atoms with Crippen LogP contribution in [0.25, 0.3) is 11.5 Å². The number of rotatable bonds is 4. The normalized spacial score (nSPS) is 11.6. The highest BCUT2D eigenvalue weighted by Gasteiger charge is 2.20. The summed E-state index contributed by atoms with van der Waals surface area (Å²) in [5.41, 5.74) is 2.95. The van der Waals surface area contributed by atoms with Crippen LogP contribution in [0.5, 0.6) is 0 Å². The average Bonchev–Trinajstić information content (AvgIpc) is 3.12. The third-order valence-electron chi connectivity index (χ3n) is 3.33. The van der Waals surface area contributed by atoms with Crippen molar-refractivity contribution in [2.45, 2.75) is 25.0 Å². The SMILES string of the molecule is Cc1nnc(-c2csc(S(=O)(=O)Nc3c(C)cccc3C)c2)o1. The molecule has 0 fully saturated rings. The van der Waals surface area contributed by atoms with Gasteiger partial charge in [-0.15, -0.1) is 21.5 Å². The highest BCUT2D eigenvalue weighted by molar-refractivity contribution is 7.94. The number of nitrogens with one attached hydrogen (secondary N) is 1. The number of thiophene rings is 1. The summed E-state index contributed by atoms with van der Waals surface area (Å²) in [5, 5.41) is 9.33. The van der Waals surface area contributed by atoms with E-state index in [0.29, 0.717) is 23.0 Å². The summed E-state index contributed by atoms with van der Waals surface area (Å²) in [6.45, 7) is 5.42. The Morgan fingerprint density at radius 2 is 1.83 bits per heavy atom. The third-order valence-corrected chi connectivity index (χ3v) is 6.12. The first kappa shape index (κ1) is 15.7. The van der Waals surface area contributed by atoms with Crippen molar-refractivity contribution in [3.05, 3.63) is 46.7 Å². The molecule has 0 amide bonds. The van der Waals surface area contributed by atoms with E-state index in [-0.39, 0.29) is 4.21 Å². The predicted octanol–water partition coefficient (Wildman–Crippen LogP) is 3.52. The van der Waals surface area contributed by atoms with Crippen LogP contribution in [-0.2, 0) is 10.0 Å². The Morgan fingerprint density at radius 1 is 1.13 bits per heavy atom. The first-order valence-electron chi connectivity index (χ1n) is 6.85. The minimum Gasteiger partial charge on any atom is -0.421 e. The maximum atomic E-state index is 12.6. The zero-order valence-electron chi connectivity index (χ0n) is 12.8. The van der Waals surface area contributed by atoms with E-state index in [4.69, 9.17) is 4.42 Å². The molecule has 0 atom stereocenters. The number of aromatic nitrogens is 2. The molecule has 2 heterocycles. The lowest BCUT2D eigenvalue weighted by Gasteiger charge is -2.11. The van der Waals surface area contributed by atoms with Gasteiger partial charge in [-0.1, -0.05) is 18.2 Å². The second kappa shape index (κ2) is 5.78. The fraction of sp³-hybridized carbons (Fsp3) is 0.200. The van der Waals surface area contributed by atoms with Crippen LogP contribution in [0.2, 0.25) is 0 Å². The molecule has 0 aliphatic heterocycles. The van der Waals surface area contributed by atoms with E-state index in [1.54, 1.807) is 12.3 Å². The summed E-state index contributed by atoms with van der Waals surface area (Å²) in [5.74, 6) is 0.747. The number of para-hydroxylation sites is 1. The lowest BCUT2D eigenvalue weighted by Crippen LogP contribution is -2.13. The van der Waals surface area contributed by atoms with Gasteiger partial charge in [0, 0.05) is 12.3 Å². The molecule has 1 aromatic carbocycles. The molecular formula is C15H15N3O3S2. The molecule has 3 aromatic rings. The molecule has 0 bridgehead atoms. The second-order valence-electron chi connectivity index (χ2n) is 5.15. The molecule has 120 valence electrons. The number of hydrogen-bond acceptors (Lipinski definition) is 6. The number of nitrogens with zero attached hydrogens (tertiary/aromatic N) is 2. The van der Waals surface area contributed by atoms with Crippen molar-refractivity contribution in [1.82, 2.24) is 10.2 Å². The quantitative estimate of drug-likeness (QED) is 0.779. The van der Waals surface area contributed by atoms with Gasteiger partial charge in [-0.05, 0) is 31.0 Å². The molecule has 1 N–H and O–H groups in total. The van der Waals surface area contributed by atoms with Gasteiger partial charge in [0.25, 0.3) is 10.0 Å². The van der Waals surface area contributed by atoms with Crippen LogP contribution >= 0.6 is 11.3 Å². The number of benzene rings is 1. The lowest BCUT2D eigenvalue weighted by molar-refractivity contribution is 0.533. The number of sulfonamides is 1.